The molecule has 0 atom stereocenters. The highest BCUT2D eigenvalue weighted by Crippen LogP contribution is 2.37. The van der Waals surface area contributed by atoms with Gasteiger partial charge in [0.1, 0.15) is 0 Å². The van der Waals surface area contributed by atoms with Crippen molar-refractivity contribution in [3.63, 3.8) is 0 Å². The number of nitrogens with zero attached hydrogens (tertiary/aromatic N) is 1. The van der Waals surface area contributed by atoms with Gasteiger partial charge in [0.2, 0.25) is 0 Å². The van der Waals surface area contributed by atoms with Crippen LogP contribution in [0.15, 0.2) is 16.6 Å². The first-order chi connectivity index (χ1) is 9.45. The number of aryl methyl sites for hydroxylation is 1. The van der Waals surface area contributed by atoms with Crippen molar-refractivity contribution in [3.8, 4) is 0 Å². The summed E-state index contributed by atoms with van der Waals surface area (Å²) >= 11 is 9.88. The fraction of sp³-hybridized carbons (Fsp3) is 0.438. The lowest BCUT2D eigenvalue weighted by atomic mass is 9.96. The van der Waals surface area contributed by atoms with E-state index in [9.17, 15) is 0 Å². The second-order valence-corrected chi connectivity index (χ2v) is 6.67. The highest BCUT2D eigenvalue weighted by molar-refractivity contribution is 9.10. The van der Waals surface area contributed by atoms with E-state index in [2.05, 4.69) is 55.0 Å². The fourth-order valence-corrected chi connectivity index (χ4v) is 3.42. The van der Waals surface area contributed by atoms with E-state index < -0.39 is 0 Å². The quantitative estimate of drug-likeness (QED) is 0.738. The minimum atomic E-state index is 0.420. The molecule has 2 nitrogen and oxygen atoms in total. The molecule has 0 fully saturated rings. The van der Waals surface area contributed by atoms with Gasteiger partial charge in [-0.05, 0) is 37.0 Å². The molecule has 0 saturated heterocycles. The first kappa shape index (κ1) is 15.6. The summed E-state index contributed by atoms with van der Waals surface area (Å²) in [7, 11) is 0. The van der Waals surface area contributed by atoms with E-state index in [1.807, 2.05) is 6.07 Å². The summed E-state index contributed by atoms with van der Waals surface area (Å²) in [5.74, 6) is 0.420. The van der Waals surface area contributed by atoms with Crippen molar-refractivity contribution in [2.24, 2.45) is 0 Å². The van der Waals surface area contributed by atoms with Gasteiger partial charge in [0, 0.05) is 27.8 Å². The summed E-state index contributed by atoms with van der Waals surface area (Å²) in [6, 6.07) is 3.99. The third-order valence-corrected chi connectivity index (χ3v) is 4.11. The van der Waals surface area contributed by atoms with Crippen LogP contribution in [0.25, 0.3) is 10.9 Å². The average molecular weight is 356 g/mol. The molecule has 4 heteroatoms. The molecule has 108 valence electrons. The molecule has 0 unspecified atom stereocenters. The molecule has 0 aliphatic carbocycles. The second-order valence-electron chi connectivity index (χ2n) is 5.35. The molecule has 2 rings (SSSR count). The minimum absolute atomic E-state index is 0.420. The summed E-state index contributed by atoms with van der Waals surface area (Å²) in [4.78, 5) is 4.71. The van der Waals surface area contributed by atoms with Gasteiger partial charge in [0.25, 0.3) is 0 Å². The number of pyridine rings is 1. The third kappa shape index (κ3) is 2.94. The third-order valence-electron chi connectivity index (χ3n) is 3.37. The van der Waals surface area contributed by atoms with Crippen LogP contribution in [-0.4, -0.2) is 11.5 Å². The van der Waals surface area contributed by atoms with Gasteiger partial charge in [-0.15, -0.1) is 0 Å². The topological polar surface area (TPSA) is 24.9 Å². The number of fused-ring (bicyclic) bond motifs is 1. The predicted molar refractivity (Wildman–Crippen MR) is 92.1 cm³/mol. The number of hydrogen-bond acceptors (Lipinski definition) is 2. The zero-order valence-electron chi connectivity index (χ0n) is 12.3. The van der Waals surface area contributed by atoms with Crippen LogP contribution in [0.2, 0.25) is 5.02 Å². The van der Waals surface area contributed by atoms with Gasteiger partial charge in [-0.25, -0.2) is 0 Å². The van der Waals surface area contributed by atoms with Crippen LogP contribution in [0.4, 0.5) is 5.69 Å². The van der Waals surface area contributed by atoms with Crippen molar-refractivity contribution in [1.82, 2.24) is 4.98 Å². The van der Waals surface area contributed by atoms with Crippen molar-refractivity contribution >= 4 is 44.1 Å². The zero-order valence-corrected chi connectivity index (χ0v) is 14.7. The van der Waals surface area contributed by atoms with Crippen molar-refractivity contribution in [2.75, 3.05) is 11.9 Å². The summed E-state index contributed by atoms with van der Waals surface area (Å²) < 4.78 is 0.981. The van der Waals surface area contributed by atoms with Crippen molar-refractivity contribution in [1.29, 1.82) is 0 Å². The Morgan fingerprint density at radius 1 is 1.35 bits per heavy atom. The Labute approximate surface area is 134 Å². The number of benzene rings is 1. The van der Waals surface area contributed by atoms with Crippen LogP contribution in [-0.2, 0) is 0 Å². The molecule has 0 radical (unpaired) electrons. The SMILES string of the molecule is CCCNc1c(C(C)C)c(C)nc2c(Cl)cc(Br)cc12. The van der Waals surface area contributed by atoms with Crippen LogP contribution in [0.3, 0.4) is 0 Å². The van der Waals surface area contributed by atoms with Crippen LogP contribution in [0, 0.1) is 6.92 Å². The summed E-state index contributed by atoms with van der Waals surface area (Å²) in [6.45, 7) is 9.58. The predicted octanol–water partition coefficient (Wildman–Crippen LogP) is 5.90. The maximum atomic E-state index is 6.35. The van der Waals surface area contributed by atoms with Crippen LogP contribution >= 0.6 is 27.5 Å². The standard InChI is InChI=1S/C16H20BrClN2/c1-5-6-19-16-12-7-11(17)8-13(18)15(12)20-10(4)14(16)9(2)3/h7-9H,5-6H2,1-4H3,(H,19,20). The van der Waals surface area contributed by atoms with E-state index in [1.165, 1.54) is 11.3 Å². The first-order valence-corrected chi connectivity index (χ1v) is 8.15. The molecule has 1 heterocycles. The Morgan fingerprint density at radius 2 is 2.05 bits per heavy atom. The molecule has 0 aliphatic rings. The molecule has 0 bridgehead atoms. The number of aromatic nitrogens is 1. The maximum absolute atomic E-state index is 6.35. The Balaban J connectivity index is 2.80. The van der Waals surface area contributed by atoms with Crippen molar-refractivity contribution in [3.05, 3.63) is 32.9 Å². The smallest absolute Gasteiger partial charge is 0.0913 e. The van der Waals surface area contributed by atoms with E-state index in [0.717, 1.165) is 34.0 Å². The molecule has 2 aromatic rings. The molecule has 0 amide bonds. The highest BCUT2D eigenvalue weighted by Gasteiger charge is 2.17. The lowest BCUT2D eigenvalue weighted by Gasteiger charge is -2.20. The van der Waals surface area contributed by atoms with E-state index in [-0.39, 0.29) is 0 Å². The lowest BCUT2D eigenvalue weighted by Crippen LogP contribution is -2.08. The molecule has 0 saturated carbocycles. The molecule has 0 aliphatic heterocycles. The van der Waals surface area contributed by atoms with Crippen LogP contribution in [0.5, 0.6) is 0 Å². The molecule has 0 spiro atoms. The highest BCUT2D eigenvalue weighted by atomic mass is 79.9. The average Bonchev–Trinajstić information content (AvgIpc) is 2.36. The molecular formula is C16H20BrClN2. The largest absolute Gasteiger partial charge is 0.384 e. The van der Waals surface area contributed by atoms with Gasteiger partial charge in [0.05, 0.1) is 10.5 Å². The number of anilines is 1. The van der Waals surface area contributed by atoms with Gasteiger partial charge in [0.15, 0.2) is 0 Å². The van der Waals surface area contributed by atoms with Crippen molar-refractivity contribution < 1.29 is 0 Å². The van der Waals surface area contributed by atoms with E-state index in [4.69, 9.17) is 16.6 Å². The maximum Gasteiger partial charge on any atom is 0.0913 e. The van der Waals surface area contributed by atoms with Crippen LogP contribution < -0.4 is 5.32 Å². The van der Waals surface area contributed by atoms with E-state index in [1.54, 1.807) is 0 Å². The number of rotatable bonds is 4. The Bertz CT molecular complexity index is 638. The van der Waals surface area contributed by atoms with Crippen molar-refractivity contribution in [2.45, 2.75) is 40.0 Å². The molecule has 1 aromatic heterocycles. The Kier molecular flexibility index (Phi) is 4.92. The first-order valence-electron chi connectivity index (χ1n) is 6.98. The van der Waals surface area contributed by atoms with E-state index >= 15 is 0 Å². The molecule has 20 heavy (non-hydrogen) atoms. The minimum Gasteiger partial charge on any atom is -0.384 e. The molecule has 1 aromatic carbocycles. The number of nitrogens with one attached hydrogen (secondary N) is 1. The number of hydrogen-bond donors (Lipinski definition) is 1. The summed E-state index contributed by atoms with van der Waals surface area (Å²) in [5.41, 5.74) is 4.37. The Morgan fingerprint density at radius 3 is 2.65 bits per heavy atom. The van der Waals surface area contributed by atoms with Gasteiger partial charge >= 0.3 is 0 Å². The van der Waals surface area contributed by atoms with Gasteiger partial charge in [-0.1, -0.05) is 48.3 Å². The fourth-order valence-electron chi connectivity index (χ4n) is 2.57. The lowest BCUT2D eigenvalue weighted by molar-refractivity contribution is 0.844. The summed E-state index contributed by atoms with van der Waals surface area (Å²) in [5, 5.41) is 5.34. The normalized spacial score (nSPS) is 11.3. The molecule has 1 N–H and O–H groups in total. The van der Waals surface area contributed by atoms with E-state index in [0.29, 0.717) is 10.9 Å². The zero-order chi connectivity index (χ0) is 14.9. The van der Waals surface area contributed by atoms with Gasteiger partial charge in [-0.2, -0.15) is 0 Å². The summed E-state index contributed by atoms with van der Waals surface area (Å²) in [6.07, 6.45) is 1.09. The molecular weight excluding hydrogens is 336 g/mol. The van der Waals surface area contributed by atoms with Crippen LogP contribution in [0.1, 0.15) is 44.4 Å². The van der Waals surface area contributed by atoms with Gasteiger partial charge < -0.3 is 5.32 Å². The Hall–Kier alpha value is -0.800. The number of halogens is 2. The monoisotopic (exact) mass is 354 g/mol. The second kappa shape index (κ2) is 6.31. The van der Waals surface area contributed by atoms with Gasteiger partial charge in [-0.3, -0.25) is 4.98 Å².